The number of benzene rings is 1. The minimum atomic E-state index is 0. The van der Waals surface area contributed by atoms with Crippen LogP contribution in [0.3, 0.4) is 0 Å². The van der Waals surface area contributed by atoms with Crippen molar-refractivity contribution in [2.45, 2.75) is 27.3 Å². The van der Waals surface area contributed by atoms with Gasteiger partial charge in [0, 0.05) is 20.1 Å². The molecule has 1 rings (SSSR count). The average Bonchev–Trinajstić information content (AvgIpc) is 2.31. The lowest BCUT2D eigenvalue weighted by atomic mass is 10.00. The molecule has 0 aliphatic carbocycles. The molecule has 0 bridgehead atoms. The molecule has 0 aliphatic rings. The molecule has 0 saturated heterocycles. The summed E-state index contributed by atoms with van der Waals surface area (Å²) in [5, 5.41) is 6.47. The minimum absolute atomic E-state index is 0. The smallest absolute Gasteiger partial charge is 0.191 e. The maximum atomic E-state index is 4.16. The van der Waals surface area contributed by atoms with E-state index in [1.165, 1.54) is 22.3 Å². The molecule has 0 amide bonds. The highest BCUT2D eigenvalue weighted by Crippen LogP contribution is 2.15. The number of hydrogen-bond donors (Lipinski definition) is 2. The van der Waals surface area contributed by atoms with Gasteiger partial charge in [-0.05, 0) is 37.5 Å². The Kier molecular flexibility index (Phi) is 8.47. The summed E-state index contributed by atoms with van der Waals surface area (Å²) >= 11 is 0. The van der Waals surface area contributed by atoms with Crippen LogP contribution in [0.25, 0.3) is 0 Å². The first-order chi connectivity index (χ1) is 8.58. The van der Waals surface area contributed by atoms with E-state index < -0.39 is 0 Å². The van der Waals surface area contributed by atoms with E-state index in [4.69, 9.17) is 0 Å². The highest BCUT2D eigenvalue weighted by Gasteiger charge is 2.04. The highest BCUT2D eigenvalue weighted by atomic mass is 127. The van der Waals surface area contributed by atoms with Crippen molar-refractivity contribution in [2.24, 2.45) is 4.99 Å². The van der Waals surface area contributed by atoms with Crippen LogP contribution in [0.2, 0.25) is 0 Å². The Labute approximate surface area is 133 Å². The van der Waals surface area contributed by atoms with E-state index in [9.17, 15) is 0 Å². The van der Waals surface area contributed by atoms with Gasteiger partial charge >= 0.3 is 0 Å². The number of hydrogen-bond acceptors (Lipinski definition) is 1. The lowest BCUT2D eigenvalue weighted by Crippen LogP contribution is -2.37. The quantitative estimate of drug-likeness (QED) is 0.368. The van der Waals surface area contributed by atoms with Gasteiger partial charge in [-0.3, -0.25) is 4.99 Å². The van der Waals surface area contributed by atoms with E-state index in [0.29, 0.717) is 6.54 Å². The van der Waals surface area contributed by atoms with E-state index in [1.807, 2.05) is 6.08 Å². The summed E-state index contributed by atoms with van der Waals surface area (Å²) in [5.74, 6) is 0.800. The van der Waals surface area contributed by atoms with Gasteiger partial charge in [0.25, 0.3) is 0 Å². The Morgan fingerprint density at radius 1 is 1.21 bits per heavy atom. The van der Waals surface area contributed by atoms with E-state index in [2.05, 4.69) is 55.1 Å². The van der Waals surface area contributed by atoms with Gasteiger partial charge < -0.3 is 10.6 Å². The number of halogens is 1. The van der Waals surface area contributed by atoms with Crippen LogP contribution in [-0.2, 0) is 6.54 Å². The molecule has 0 saturated carbocycles. The van der Waals surface area contributed by atoms with Crippen LogP contribution >= 0.6 is 24.0 Å². The van der Waals surface area contributed by atoms with Gasteiger partial charge in [0.05, 0.1) is 0 Å². The predicted molar refractivity (Wildman–Crippen MR) is 94.5 cm³/mol. The van der Waals surface area contributed by atoms with Gasteiger partial charge in [-0.25, -0.2) is 0 Å². The molecule has 1 aromatic carbocycles. The lowest BCUT2D eigenvalue weighted by molar-refractivity contribution is 0.836. The standard InChI is InChI=1S/C15H23N3.HI/c1-6-7-17-15(16-5)18-10-14-12(3)8-11(2)9-13(14)4;/h6,8-9H,1,7,10H2,2-5H3,(H2,16,17,18);1H. The number of nitrogens with zero attached hydrogens (tertiary/aromatic N) is 1. The highest BCUT2D eigenvalue weighted by molar-refractivity contribution is 14.0. The Morgan fingerprint density at radius 3 is 2.26 bits per heavy atom. The number of rotatable bonds is 4. The van der Waals surface area contributed by atoms with Crippen LogP contribution in [0.1, 0.15) is 22.3 Å². The fraction of sp³-hybridized carbons (Fsp3) is 0.400. The van der Waals surface area contributed by atoms with Crippen molar-refractivity contribution in [3.8, 4) is 0 Å². The minimum Gasteiger partial charge on any atom is -0.353 e. The summed E-state index contributed by atoms with van der Waals surface area (Å²) < 4.78 is 0. The molecule has 0 spiro atoms. The first kappa shape index (κ1) is 18.0. The molecule has 106 valence electrons. The SMILES string of the molecule is C=CCNC(=NC)NCc1c(C)cc(C)cc1C.I. The van der Waals surface area contributed by atoms with Crippen LogP contribution in [-0.4, -0.2) is 19.6 Å². The van der Waals surface area contributed by atoms with Crippen LogP contribution in [0.5, 0.6) is 0 Å². The zero-order valence-corrected chi connectivity index (χ0v) is 14.5. The molecular weight excluding hydrogens is 349 g/mol. The Hall–Kier alpha value is -1.04. The summed E-state index contributed by atoms with van der Waals surface area (Å²) in [6.07, 6.45) is 1.81. The third kappa shape index (κ3) is 5.63. The predicted octanol–water partition coefficient (Wildman–Crippen LogP) is 3.08. The molecule has 0 fully saturated rings. The van der Waals surface area contributed by atoms with Gasteiger partial charge in [0.2, 0.25) is 0 Å². The second kappa shape index (κ2) is 8.96. The Balaban J connectivity index is 0.00000324. The monoisotopic (exact) mass is 373 g/mol. The van der Waals surface area contributed by atoms with Gasteiger partial charge in [-0.2, -0.15) is 0 Å². The molecule has 2 N–H and O–H groups in total. The first-order valence-corrected chi connectivity index (χ1v) is 6.20. The van der Waals surface area contributed by atoms with E-state index in [-0.39, 0.29) is 24.0 Å². The molecule has 1 aromatic rings. The van der Waals surface area contributed by atoms with E-state index >= 15 is 0 Å². The number of guanidine groups is 1. The second-order valence-corrected chi connectivity index (χ2v) is 4.47. The molecule has 0 atom stereocenters. The molecular formula is C15H24IN3. The Bertz CT molecular complexity index is 430. The van der Waals surface area contributed by atoms with Crippen molar-refractivity contribution < 1.29 is 0 Å². The van der Waals surface area contributed by atoms with Gasteiger partial charge in [0.1, 0.15) is 0 Å². The zero-order chi connectivity index (χ0) is 13.5. The first-order valence-electron chi connectivity index (χ1n) is 6.20. The van der Waals surface area contributed by atoms with Gasteiger partial charge in [0.15, 0.2) is 5.96 Å². The number of aryl methyl sites for hydroxylation is 3. The zero-order valence-electron chi connectivity index (χ0n) is 12.2. The van der Waals surface area contributed by atoms with Crippen molar-refractivity contribution >= 4 is 29.9 Å². The van der Waals surface area contributed by atoms with Gasteiger partial charge in [-0.15, -0.1) is 30.6 Å². The summed E-state index contributed by atoms with van der Waals surface area (Å²) in [7, 11) is 1.77. The van der Waals surface area contributed by atoms with Crippen LogP contribution in [0.4, 0.5) is 0 Å². The van der Waals surface area contributed by atoms with Crippen LogP contribution in [0, 0.1) is 20.8 Å². The molecule has 0 radical (unpaired) electrons. The van der Waals surface area contributed by atoms with Crippen molar-refractivity contribution in [1.29, 1.82) is 0 Å². The van der Waals surface area contributed by atoms with Crippen LogP contribution in [0.15, 0.2) is 29.8 Å². The fourth-order valence-electron chi connectivity index (χ4n) is 2.05. The molecule has 0 unspecified atom stereocenters. The molecule has 3 nitrogen and oxygen atoms in total. The maximum Gasteiger partial charge on any atom is 0.191 e. The molecule has 0 aliphatic heterocycles. The lowest BCUT2D eigenvalue weighted by Gasteiger charge is -2.14. The molecule has 0 aromatic heterocycles. The normalized spacial score (nSPS) is 10.6. The Morgan fingerprint density at radius 2 is 1.79 bits per heavy atom. The summed E-state index contributed by atoms with van der Waals surface area (Å²) in [4.78, 5) is 4.16. The van der Waals surface area contributed by atoms with Gasteiger partial charge in [-0.1, -0.05) is 23.8 Å². The average molecular weight is 373 g/mol. The third-order valence-corrected chi connectivity index (χ3v) is 2.91. The summed E-state index contributed by atoms with van der Waals surface area (Å²) in [6.45, 7) is 11.6. The number of nitrogens with one attached hydrogen (secondary N) is 2. The van der Waals surface area contributed by atoms with E-state index in [1.54, 1.807) is 7.05 Å². The number of aliphatic imine (C=N–C) groups is 1. The van der Waals surface area contributed by atoms with Crippen molar-refractivity contribution in [3.05, 3.63) is 47.0 Å². The molecule has 19 heavy (non-hydrogen) atoms. The summed E-state index contributed by atoms with van der Waals surface area (Å²) in [5.41, 5.74) is 5.28. The second-order valence-electron chi connectivity index (χ2n) is 4.47. The maximum absolute atomic E-state index is 4.16. The fourth-order valence-corrected chi connectivity index (χ4v) is 2.05. The van der Waals surface area contributed by atoms with Crippen molar-refractivity contribution in [1.82, 2.24) is 10.6 Å². The third-order valence-electron chi connectivity index (χ3n) is 2.91. The van der Waals surface area contributed by atoms with Crippen LogP contribution < -0.4 is 10.6 Å². The van der Waals surface area contributed by atoms with Crippen molar-refractivity contribution in [3.63, 3.8) is 0 Å². The molecule has 4 heteroatoms. The van der Waals surface area contributed by atoms with Crippen molar-refractivity contribution in [2.75, 3.05) is 13.6 Å². The summed E-state index contributed by atoms with van der Waals surface area (Å²) in [6, 6.07) is 4.42. The largest absolute Gasteiger partial charge is 0.353 e. The molecule has 0 heterocycles. The van der Waals surface area contributed by atoms with E-state index in [0.717, 1.165) is 12.5 Å². The topological polar surface area (TPSA) is 36.4 Å².